The van der Waals surface area contributed by atoms with Crippen molar-refractivity contribution in [2.45, 2.75) is 20.3 Å². The molecule has 7 nitrogen and oxygen atoms in total. The molecule has 0 aliphatic carbocycles. The lowest BCUT2D eigenvalue weighted by Crippen LogP contribution is -2.22. The number of nitrogens with one attached hydrogen (secondary N) is 2. The van der Waals surface area contributed by atoms with Crippen molar-refractivity contribution in [3.63, 3.8) is 0 Å². The number of aromatic nitrogens is 2. The summed E-state index contributed by atoms with van der Waals surface area (Å²) in [5.41, 5.74) is 1.82. The number of anilines is 1. The largest absolute Gasteiger partial charge is 0.496 e. The number of methoxy groups -OCH3 is 1. The Bertz CT molecular complexity index is 1100. The van der Waals surface area contributed by atoms with Crippen molar-refractivity contribution >= 4 is 23.2 Å². The van der Waals surface area contributed by atoms with Gasteiger partial charge in [-0.3, -0.25) is 9.59 Å². The lowest BCUT2D eigenvalue weighted by atomic mass is 10.1. The number of aromatic hydroxyl groups is 1. The van der Waals surface area contributed by atoms with Crippen LogP contribution in [0.25, 0.3) is 0 Å². The Labute approximate surface area is 172 Å². The van der Waals surface area contributed by atoms with Gasteiger partial charge in [0.15, 0.2) is 5.69 Å². The number of rotatable bonds is 5. The van der Waals surface area contributed by atoms with Crippen LogP contribution in [0.5, 0.6) is 11.6 Å². The van der Waals surface area contributed by atoms with E-state index in [4.69, 9.17) is 16.3 Å². The molecule has 0 bridgehead atoms. The van der Waals surface area contributed by atoms with Crippen molar-refractivity contribution in [3.05, 3.63) is 79.9 Å². The summed E-state index contributed by atoms with van der Waals surface area (Å²) in [5.74, 6) is -0.126. The Morgan fingerprint density at radius 3 is 2.38 bits per heavy atom. The first-order valence-electron chi connectivity index (χ1n) is 8.81. The molecule has 0 aliphatic heterocycles. The summed E-state index contributed by atoms with van der Waals surface area (Å²) in [5, 5.41) is 13.2. The number of aromatic amines is 1. The molecule has 0 unspecified atom stereocenters. The van der Waals surface area contributed by atoms with E-state index in [0.717, 1.165) is 16.7 Å². The Morgan fingerprint density at radius 2 is 1.83 bits per heavy atom. The van der Waals surface area contributed by atoms with E-state index in [2.05, 4.69) is 15.3 Å². The van der Waals surface area contributed by atoms with Gasteiger partial charge in [-0.15, -0.1) is 0 Å². The van der Waals surface area contributed by atoms with Crippen molar-refractivity contribution in [1.29, 1.82) is 0 Å². The van der Waals surface area contributed by atoms with E-state index in [1.807, 2.05) is 13.8 Å². The van der Waals surface area contributed by atoms with Crippen molar-refractivity contribution in [1.82, 2.24) is 9.97 Å². The number of carbonyl (C=O) groups is 1. The highest BCUT2D eigenvalue weighted by Crippen LogP contribution is 2.25. The van der Waals surface area contributed by atoms with Crippen LogP contribution in [0.1, 0.15) is 32.9 Å². The first-order valence-corrected chi connectivity index (χ1v) is 9.19. The topological polar surface area (TPSA) is 104 Å². The fraction of sp³-hybridized carbons (Fsp3) is 0.190. The van der Waals surface area contributed by atoms with Crippen LogP contribution in [0.2, 0.25) is 5.02 Å². The second-order valence-electron chi connectivity index (χ2n) is 6.61. The number of amides is 1. The summed E-state index contributed by atoms with van der Waals surface area (Å²) >= 11 is 5.86. The van der Waals surface area contributed by atoms with Crippen LogP contribution in [-0.4, -0.2) is 28.1 Å². The van der Waals surface area contributed by atoms with E-state index in [-0.39, 0.29) is 11.5 Å². The van der Waals surface area contributed by atoms with Gasteiger partial charge in [-0.05, 0) is 54.8 Å². The third-order valence-corrected chi connectivity index (χ3v) is 4.65. The molecule has 1 aromatic heterocycles. The molecule has 150 valence electrons. The zero-order valence-corrected chi connectivity index (χ0v) is 16.9. The molecule has 0 aliphatic rings. The number of carbonyl (C=O) groups excluding carboxylic acids is 1. The summed E-state index contributed by atoms with van der Waals surface area (Å²) in [4.78, 5) is 31.5. The fourth-order valence-electron chi connectivity index (χ4n) is 3.09. The molecule has 3 N–H and O–H groups in total. The molecule has 3 rings (SSSR count). The van der Waals surface area contributed by atoms with Gasteiger partial charge in [-0.2, -0.15) is 4.98 Å². The second-order valence-corrected chi connectivity index (χ2v) is 7.05. The zero-order chi connectivity index (χ0) is 21.1. The molecule has 0 saturated heterocycles. The Balaban J connectivity index is 1.83. The van der Waals surface area contributed by atoms with Crippen LogP contribution in [0.15, 0.2) is 41.2 Å². The molecule has 0 fully saturated rings. The quantitative estimate of drug-likeness (QED) is 0.592. The predicted molar refractivity (Wildman–Crippen MR) is 111 cm³/mol. The van der Waals surface area contributed by atoms with E-state index in [1.54, 1.807) is 43.5 Å². The van der Waals surface area contributed by atoms with Crippen molar-refractivity contribution < 1.29 is 14.6 Å². The fourth-order valence-corrected chi connectivity index (χ4v) is 3.21. The van der Waals surface area contributed by atoms with E-state index in [0.29, 0.717) is 22.8 Å². The molecule has 2 aromatic carbocycles. The monoisotopic (exact) mass is 413 g/mol. The zero-order valence-electron chi connectivity index (χ0n) is 16.2. The normalized spacial score (nSPS) is 10.6. The summed E-state index contributed by atoms with van der Waals surface area (Å²) in [7, 11) is 1.56. The van der Waals surface area contributed by atoms with E-state index >= 15 is 0 Å². The van der Waals surface area contributed by atoms with Gasteiger partial charge in [0.1, 0.15) is 11.6 Å². The summed E-state index contributed by atoms with van der Waals surface area (Å²) in [6.07, 6.45) is 0.297. The number of hydrogen-bond donors (Lipinski definition) is 3. The number of halogens is 1. The summed E-state index contributed by atoms with van der Waals surface area (Å²) in [6, 6.07) is 10.3. The van der Waals surface area contributed by atoms with Crippen LogP contribution >= 0.6 is 11.6 Å². The molecule has 1 heterocycles. The first kappa shape index (κ1) is 20.4. The molecule has 0 saturated carbocycles. The van der Waals surface area contributed by atoms with Crippen molar-refractivity contribution in [3.8, 4) is 11.6 Å². The van der Waals surface area contributed by atoms with E-state index in [9.17, 15) is 14.7 Å². The minimum Gasteiger partial charge on any atom is -0.496 e. The van der Waals surface area contributed by atoms with Crippen LogP contribution in [0.3, 0.4) is 0 Å². The standard InChI is InChI=1S/C21H20ClN3O4/c1-11-8-14(9-12(2)18(11)29-3)19(26)25-17-20(27)23-16(24-21(17)28)10-13-4-6-15(22)7-5-13/h4-9H,10H2,1-3H3,(H,25,26)(H2,23,24,27,28). The van der Waals surface area contributed by atoms with Gasteiger partial charge in [0.2, 0.25) is 5.88 Å². The molecule has 0 radical (unpaired) electrons. The minimum atomic E-state index is -0.642. The average molecular weight is 414 g/mol. The highest BCUT2D eigenvalue weighted by atomic mass is 35.5. The summed E-state index contributed by atoms with van der Waals surface area (Å²) < 4.78 is 5.29. The average Bonchev–Trinajstić information content (AvgIpc) is 2.66. The highest BCUT2D eigenvalue weighted by molar-refractivity contribution is 6.30. The predicted octanol–water partition coefficient (Wildman–Crippen LogP) is 3.60. The van der Waals surface area contributed by atoms with Crippen LogP contribution < -0.4 is 15.6 Å². The van der Waals surface area contributed by atoms with Crippen LogP contribution in [-0.2, 0) is 6.42 Å². The summed E-state index contributed by atoms with van der Waals surface area (Å²) in [6.45, 7) is 3.64. The third-order valence-electron chi connectivity index (χ3n) is 4.40. The third kappa shape index (κ3) is 4.57. The maximum atomic E-state index is 12.6. The Kier molecular flexibility index (Phi) is 5.89. The second kappa shape index (κ2) is 8.36. The first-order chi connectivity index (χ1) is 13.8. The maximum absolute atomic E-state index is 12.6. The van der Waals surface area contributed by atoms with Crippen molar-refractivity contribution in [2.24, 2.45) is 0 Å². The molecule has 3 aromatic rings. The Morgan fingerprint density at radius 1 is 1.21 bits per heavy atom. The number of benzene rings is 2. The molecule has 0 spiro atoms. The maximum Gasteiger partial charge on any atom is 0.278 e. The van der Waals surface area contributed by atoms with Gasteiger partial charge >= 0.3 is 0 Å². The molecule has 29 heavy (non-hydrogen) atoms. The highest BCUT2D eigenvalue weighted by Gasteiger charge is 2.17. The van der Waals surface area contributed by atoms with E-state index < -0.39 is 17.3 Å². The number of aryl methyl sites for hydroxylation is 2. The molecular formula is C21H20ClN3O4. The van der Waals surface area contributed by atoms with Crippen LogP contribution in [0.4, 0.5) is 5.69 Å². The lowest BCUT2D eigenvalue weighted by Gasteiger charge is -2.12. The number of ether oxygens (including phenoxy) is 1. The Hall–Kier alpha value is -3.32. The van der Waals surface area contributed by atoms with Gasteiger partial charge < -0.3 is 20.1 Å². The van der Waals surface area contributed by atoms with E-state index in [1.165, 1.54) is 0 Å². The van der Waals surface area contributed by atoms with Gasteiger partial charge in [0.05, 0.1) is 7.11 Å². The number of hydrogen-bond acceptors (Lipinski definition) is 5. The molecular weight excluding hydrogens is 394 g/mol. The SMILES string of the molecule is COc1c(C)cc(C(=O)Nc2c(O)nc(Cc3ccc(Cl)cc3)[nH]c2=O)cc1C. The number of H-pyrrole nitrogens is 1. The smallest absolute Gasteiger partial charge is 0.278 e. The van der Waals surface area contributed by atoms with Crippen molar-refractivity contribution in [2.75, 3.05) is 12.4 Å². The lowest BCUT2D eigenvalue weighted by molar-refractivity contribution is 0.102. The van der Waals surface area contributed by atoms with Gasteiger partial charge in [-0.25, -0.2) is 0 Å². The minimum absolute atomic E-state index is 0.268. The van der Waals surface area contributed by atoms with Gasteiger partial charge in [0.25, 0.3) is 11.5 Å². The van der Waals surface area contributed by atoms with Crippen LogP contribution in [0, 0.1) is 13.8 Å². The molecule has 8 heteroatoms. The molecule has 0 atom stereocenters. The van der Waals surface area contributed by atoms with Gasteiger partial charge in [-0.1, -0.05) is 23.7 Å². The number of nitrogens with zero attached hydrogens (tertiary/aromatic N) is 1. The van der Waals surface area contributed by atoms with Gasteiger partial charge in [0, 0.05) is 17.0 Å². The molecule has 1 amide bonds.